The molecule has 0 fully saturated rings. The van der Waals surface area contributed by atoms with Crippen LogP contribution in [0.15, 0.2) is 53.8 Å². The van der Waals surface area contributed by atoms with Crippen molar-refractivity contribution in [3.05, 3.63) is 54.6 Å². The van der Waals surface area contributed by atoms with Gasteiger partial charge in [-0.2, -0.15) is 5.10 Å². The Morgan fingerprint density at radius 2 is 1.92 bits per heavy atom. The molecule has 0 spiro atoms. The van der Waals surface area contributed by atoms with Gasteiger partial charge < -0.3 is 4.57 Å². The van der Waals surface area contributed by atoms with E-state index in [2.05, 4.69) is 14.8 Å². The van der Waals surface area contributed by atoms with Crippen LogP contribution in [0.4, 0.5) is 0 Å². The zero-order chi connectivity index (χ0) is 17.9. The number of hydrogen-bond acceptors (Lipinski definition) is 4. The third-order valence-corrected chi connectivity index (χ3v) is 5.37. The highest BCUT2D eigenvalue weighted by Gasteiger charge is 2.16. The lowest BCUT2D eigenvalue weighted by atomic mass is 10.2. The monoisotopic (exact) mass is 359 g/mol. The van der Waals surface area contributed by atoms with E-state index in [1.165, 1.54) is 12.4 Å². The van der Waals surface area contributed by atoms with Crippen molar-refractivity contribution in [3.63, 3.8) is 0 Å². The van der Waals surface area contributed by atoms with Gasteiger partial charge in [-0.15, -0.1) is 0 Å². The summed E-state index contributed by atoms with van der Waals surface area (Å²) in [5, 5.41) is 4.01. The standard InChI is InChI=1S/C17H21N5O2S/c1-3-21-13-16(12-19-21)25(23,24)20-9-10-22-14(2)11-18-17(22)15-7-5-4-6-8-15/h4-8,11-13,20H,3,9-10H2,1-2H3. The molecular weight excluding hydrogens is 338 g/mol. The summed E-state index contributed by atoms with van der Waals surface area (Å²) in [7, 11) is -3.56. The van der Waals surface area contributed by atoms with Gasteiger partial charge in [0.15, 0.2) is 0 Å². The van der Waals surface area contributed by atoms with Crippen LogP contribution in [0, 0.1) is 6.92 Å². The van der Waals surface area contributed by atoms with Crippen LogP contribution in [0.5, 0.6) is 0 Å². The van der Waals surface area contributed by atoms with Gasteiger partial charge in [-0.1, -0.05) is 30.3 Å². The average molecular weight is 359 g/mol. The first-order valence-corrected chi connectivity index (χ1v) is 9.59. The van der Waals surface area contributed by atoms with Crippen LogP contribution in [-0.2, 0) is 23.1 Å². The minimum atomic E-state index is -3.56. The third-order valence-electron chi connectivity index (χ3n) is 3.96. The molecule has 1 aromatic carbocycles. The maximum absolute atomic E-state index is 12.3. The second-order valence-electron chi connectivity index (χ2n) is 5.67. The molecule has 0 aliphatic heterocycles. The molecule has 2 aromatic heterocycles. The van der Waals surface area contributed by atoms with Gasteiger partial charge in [-0.3, -0.25) is 4.68 Å². The summed E-state index contributed by atoms with van der Waals surface area (Å²) in [4.78, 5) is 4.63. The minimum Gasteiger partial charge on any atom is -0.327 e. The summed E-state index contributed by atoms with van der Waals surface area (Å²) in [5.41, 5.74) is 1.99. The molecule has 25 heavy (non-hydrogen) atoms. The summed E-state index contributed by atoms with van der Waals surface area (Å²) in [5.74, 6) is 0.830. The van der Waals surface area contributed by atoms with Gasteiger partial charge >= 0.3 is 0 Å². The van der Waals surface area contributed by atoms with Crippen molar-refractivity contribution in [1.82, 2.24) is 24.1 Å². The molecule has 0 radical (unpaired) electrons. The Kier molecular flexibility index (Phi) is 5.00. The number of rotatable bonds is 7. The number of sulfonamides is 1. The van der Waals surface area contributed by atoms with Crippen LogP contribution in [0.25, 0.3) is 11.4 Å². The lowest BCUT2D eigenvalue weighted by molar-refractivity contribution is 0.571. The smallest absolute Gasteiger partial charge is 0.243 e. The van der Waals surface area contributed by atoms with Gasteiger partial charge in [0.2, 0.25) is 10.0 Å². The van der Waals surface area contributed by atoms with Crippen LogP contribution in [-0.4, -0.2) is 34.3 Å². The quantitative estimate of drug-likeness (QED) is 0.700. The predicted molar refractivity (Wildman–Crippen MR) is 95.5 cm³/mol. The number of aryl methyl sites for hydroxylation is 2. The van der Waals surface area contributed by atoms with Gasteiger partial charge in [-0.05, 0) is 13.8 Å². The molecule has 2 heterocycles. The molecule has 3 rings (SSSR count). The molecule has 0 atom stereocenters. The highest BCUT2D eigenvalue weighted by molar-refractivity contribution is 7.89. The lowest BCUT2D eigenvalue weighted by Crippen LogP contribution is -2.27. The maximum Gasteiger partial charge on any atom is 0.243 e. The van der Waals surface area contributed by atoms with Gasteiger partial charge in [-0.25, -0.2) is 18.1 Å². The van der Waals surface area contributed by atoms with Gasteiger partial charge in [0.05, 0.1) is 6.20 Å². The largest absolute Gasteiger partial charge is 0.327 e. The van der Waals surface area contributed by atoms with E-state index >= 15 is 0 Å². The number of benzene rings is 1. The molecule has 1 N–H and O–H groups in total. The van der Waals surface area contributed by atoms with Crippen molar-refractivity contribution in [3.8, 4) is 11.4 Å². The molecule has 7 nitrogen and oxygen atoms in total. The zero-order valence-electron chi connectivity index (χ0n) is 14.3. The molecule has 0 saturated heterocycles. The van der Waals surface area contributed by atoms with E-state index < -0.39 is 10.0 Å². The average Bonchev–Trinajstić information content (AvgIpc) is 3.23. The Morgan fingerprint density at radius 1 is 1.16 bits per heavy atom. The predicted octanol–water partition coefficient (Wildman–Crippen LogP) is 2.05. The summed E-state index contributed by atoms with van der Waals surface area (Å²) < 4.78 is 30.9. The van der Waals surface area contributed by atoms with E-state index in [-0.39, 0.29) is 11.4 Å². The second-order valence-corrected chi connectivity index (χ2v) is 7.44. The highest BCUT2D eigenvalue weighted by atomic mass is 32.2. The summed E-state index contributed by atoms with van der Waals surface area (Å²) in [6.45, 7) is 5.26. The van der Waals surface area contributed by atoms with Crippen molar-refractivity contribution in [2.75, 3.05) is 6.54 Å². The molecule has 132 valence electrons. The van der Waals surface area contributed by atoms with Gasteiger partial charge in [0.1, 0.15) is 10.7 Å². The summed E-state index contributed by atoms with van der Waals surface area (Å²) in [6, 6.07) is 9.84. The fourth-order valence-corrected chi connectivity index (χ4v) is 3.57. The van der Waals surface area contributed by atoms with Crippen molar-refractivity contribution in [1.29, 1.82) is 0 Å². The highest BCUT2D eigenvalue weighted by Crippen LogP contribution is 2.19. The molecule has 8 heteroatoms. The van der Waals surface area contributed by atoms with Gasteiger partial charge in [0.25, 0.3) is 0 Å². The van der Waals surface area contributed by atoms with E-state index in [1.807, 2.05) is 48.7 Å². The Labute approximate surface area is 147 Å². The number of nitrogens with one attached hydrogen (secondary N) is 1. The third kappa shape index (κ3) is 3.80. The van der Waals surface area contributed by atoms with E-state index in [1.54, 1.807) is 10.9 Å². The molecule has 0 saturated carbocycles. The number of aromatic nitrogens is 4. The lowest BCUT2D eigenvalue weighted by Gasteiger charge is -2.11. The van der Waals surface area contributed by atoms with Crippen LogP contribution in [0.2, 0.25) is 0 Å². The number of hydrogen-bond donors (Lipinski definition) is 1. The Balaban J connectivity index is 1.71. The van der Waals surface area contributed by atoms with E-state index in [0.29, 0.717) is 13.1 Å². The van der Waals surface area contributed by atoms with Crippen molar-refractivity contribution in [2.24, 2.45) is 0 Å². The fraction of sp³-hybridized carbons (Fsp3) is 0.294. The van der Waals surface area contributed by atoms with Crippen LogP contribution >= 0.6 is 0 Å². The molecule has 3 aromatic rings. The van der Waals surface area contributed by atoms with Crippen LogP contribution < -0.4 is 4.72 Å². The summed E-state index contributed by atoms with van der Waals surface area (Å²) >= 11 is 0. The minimum absolute atomic E-state index is 0.181. The number of nitrogens with zero attached hydrogens (tertiary/aromatic N) is 4. The fourth-order valence-electron chi connectivity index (χ4n) is 2.59. The molecule has 0 unspecified atom stereocenters. The zero-order valence-corrected chi connectivity index (χ0v) is 15.1. The first-order chi connectivity index (χ1) is 12.0. The maximum atomic E-state index is 12.3. The first kappa shape index (κ1) is 17.4. The van der Waals surface area contributed by atoms with Crippen molar-refractivity contribution in [2.45, 2.75) is 31.8 Å². The van der Waals surface area contributed by atoms with E-state index in [9.17, 15) is 8.42 Å². The first-order valence-electron chi connectivity index (χ1n) is 8.11. The van der Waals surface area contributed by atoms with E-state index in [4.69, 9.17) is 0 Å². The van der Waals surface area contributed by atoms with Crippen molar-refractivity contribution < 1.29 is 8.42 Å². The van der Waals surface area contributed by atoms with E-state index in [0.717, 1.165) is 17.1 Å². The molecule has 0 aliphatic rings. The van der Waals surface area contributed by atoms with Gasteiger partial charge in [0, 0.05) is 43.3 Å². The Hall–Kier alpha value is -2.45. The molecule has 0 aliphatic carbocycles. The second kappa shape index (κ2) is 7.20. The SMILES string of the molecule is CCn1cc(S(=O)(=O)NCCn2c(C)cnc2-c2ccccc2)cn1. The molecule has 0 amide bonds. The molecular formula is C17H21N5O2S. The normalized spacial score (nSPS) is 11.8. The number of imidazole rings is 1. The Bertz CT molecular complexity index is 945. The summed E-state index contributed by atoms with van der Waals surface area (Å²) in [6.07, 6.45) is 4.69. The van der Waals surface area contributed by atoms with Crippen LogP contribution in [0.3, 0.4) is 0 Å². The Morgan fingerprint density at radius 3 is 2.60 bits per heavy atom. The molecule has 0 bridgehead atoms. The van der Waals surface area contributed by atoms with Crippen LogP contribution in [0.1, 0.15) is 12.6 Å². The topological polar surface area (TPSA) is 81.8 Å². The van der Waals surface area contributed by atoms with Crippen molar-refractivity contribution >= 4 is 10.0 Å².